The number of halogens is 3. The highest BCUT2D eigenvalue weighted by Gasteiger charge is 2.12. The molecule has 2 aromatic rings. The van der Waals surface area contributed by atoms with Gasteiger partial charge in [0.25, 0.3) is 0 Å². The minimum absolute atomic E-state index is 0.0692. The number of rotatable bonds is 2. The first kappa shape index (κ1) is 13.2. The first-order valence-corrected chi connectivity index (χ1v) is 6.27. The van der Waals surface area contributed by atoms with Gasteiger partial charge in [0.15, 0.2) is 0 Å². The van der Waals surface area contributed by atoms with Crippen LogP contribution in [0.15, 0.2) is 18.2 Å². The van der Waals surface area contributed by atoms with Gasteiger partial charge in [0, 0.05) is 17.5 Å². The zero-order valence-electron chi connectivity index (χ0n) is 9.97. The molecular weight excluding hydrogens is 274 g/mol. The first-order chi connectivity index (χ1) is 8.52. The lowest BCUT2D eigenvalue weighted by Gasteiger charge is -2.09. The van der Waals surface area contributed by atoms with E-state index in [4.69, 9.17) is 23.2 Å². The van der Waals surface area contributed by atoms with E-state index in [0.717, 1.165) is 11.1 Å². The van der Waals surface area contributed by atoms with Crippen molar-refractivity contribution < 1.29 is 4.39 Å². The molecule has 0 N–H and O–H groups in total. The Balaban J connectivity index is 2.62. The van der Waals surface area contributed by atoms with Gasteiger partial charge in [-0.05, 0) is 25.1 Å². The molecule has 0 saturated heterocycles. The Morgan fingerprint density at radius 3 is 2.56 bits per heavy atom. The van der Waals surface area contributed by atoms with E-state index in [0.29, 0.717) is 23.1 Å². The highest BCUT2D eigenvalue weighted by Crippen LogP contribution is 2.28. The molecule has 0 aliphatic carbocycles. The van der Waals surface area contributed by atoms with E-state index in [9.17, 15) is 4.39 Å². The molecular formula is C13H11Cl2FN2. The second kappa shape index (κ2) is 5.21. The summed E-state index contributed by atoms with van der Waals surface area (Å²) in [6.07, 6.45) is 0.682. The number of aryl methyl sites for hydroxylation is 1. The zero-order chi connectivity index (χ0) is 13.3. The fraction of sp³-hybridized carbons (Fsp3) is 0.231. The molecule has 0 amide bonds. The Labute approximate surface area is 115 Å². The normalized spacial score (nSPS) is 10.7. The molecule has 0 saturated carbocycles. The summed E-state index contributed by atoms with van der Waals surface area (Å²) >= 11 is 11.8. The molecule has 94 valence electrons. The molecule has 0 bridgehead atoms. The Morgan fingerprint density at radius 1 is 1.22 bits per heavy atom. The molecule has 0 radical (unpaired) electrons. The predicted octanol–water partition coefficient (Wildman–Crippen LogP) is 4.46. The molecule has 1 aromatic carbocycles. The summed E-state index contributed by atoms with van der Waals surface area (Å²) in [5.41, 5.74) is 2.18. The number of aromatic nitrogens is 2. The van der Waals surface area contributed by atoms with Crippen molar-refractivity contribution in [3.8, 4) is 11.3 Å². The molecule has 0 spiro atoms. The van der Waals surface area contributed by atoms with Crippen LogP contribution in [0.5, 0.6) is 0 Å². The summed E-state index contributed by atoms with van der Waals surface area (Å²) in [5, 5.41) is 0.483. The average molecular weight is 285 g/mol. The monoisotopic (exact) mass is 284 g/mol. The van der Waals surface area contributed by atoms with Crippen LogP contribution < -0.4 is 0 Å². The largest absolute Gasteiger partial charge is 0.233 e. The van der Waals surface area contributed by atoms with Gasteiger partial charge in [-0.25, -0.2) is 14.4 Å². The predicted molar refractivity (Wildman–Crippen MR) is 71.6 cm³/mol. The third kappa shape index (κ3) is 2.47. The minimum atomic E-state index is -0.450. The number of benzene rings is 1. The molecule has 1 aromatic heterocycles. The van der Waals surface area contributed by atoms with E-state index in [1.807, 2.05) is 13.8 Å². The standard InChI is InChI=1S/C13H11Cl2FN2/c1-3-11-17-12(7(2)13(15)18-11)8-4-5-10(16)9(14)6-8/h4-6H,3H2,1-2H3. The van der Waals surface area contributed by atoms with Crippen molar-refractivity contribution in [2.75, 3.05) is 0 Å². The van der Waals surface area contributed by atoms with Crippen LogP contribution in [0.4, 0.5) is 4.39 Å². The Kier molecular flexibility index (Phi) is 3.83. The van der Waals surface area contributed by atoms with E-state index < -0.39 is 5.82 Å². The van der Waals surface area contributed by atoms with Crippen molar-refractivity contribution in [2.45, 2.75) is 20.3 Å². The Morgan fingerprint density at radius 2 is 1.94 bits per heavy atom. The number of nitrogens with zero attached hydrogens (tertiary/aromatic N) is 2. The fourth-order valence-electron chi connectivity index (χ4n) is 1.62. The van der Waals surface area contributed by atoms with Gasteiger partial charge in [-0.15, -0.1) is 0 Å². The van der Waals surface area contributed by atoms with E-state index in [-0.39, 0.29) is 5.02 Å². The summed E-state index contributed by atoms with van der Waals surface area (Å²) in [4.78, 5) is 8.58. The van der Waals surface area contributed by atoms with E-state index in [1.54, 1.807) is 12.1 Å². The van der Waals surface area contributed by atoms with E-state index in [2.05, 4.69) is 9.97 Å². The third-order valence-corrected chi connectivity index (χ3v) is 3.30. The third-order valence-electron chi connectivity index (χ3n) is 2.64. The smallest absolute Gasteiger partial charge is 0.141 e. The van der Waals surface area contributed by atoms with Gasteiger partial charge in [-0.3, -0.25) is 0 Å². The van der Waals surface area contributed by atoms with Crippen molar-refractivity contribution in [1.29, 1.82) is 0 Å². The average Bonchev–Trinajstić information content (AvgIpc) is 2.36. The van der Waals surface area contributed by atoms with E-state index >= 15 is 0 Å². The second-order valence-electron chi connectivity index (χ2n) is 3.89. The minimum Gasteiger partial charge on any atom is -0.233 e. The zero-order valence-corrected chi connectivity index (χ0v) is 11.5. The number of hydrogen-bond donors (Lipinski definition) is 0. The molecule has 0 aliphatic rings. The maximum atomic E-state index is 13.1. The van der Waals surface area contributed by atoms with Crippen LogP contribution in [0.3, 0.4) is 0 Å². The molecule has 0 atom stereocenters. The van der Waals surface area contributed by atoms with Crippen molar-refractivity contribution in [3.63, 3.8) is 0 Å². The molecule has 5 heteroatoms. The van der Waals surface area contributed by atoms with Gasteiger partial charge in [0.05, 0.1) is 10.7 Å². The highest BCUT2D eigenvalue weighted by atomic mass is 35.5. The first-order valence-electron chi connectivity index (χ1n) is 5.51. The van der Waals surface area contributed by atoms with Gasteiger partial charge in [-0.2, -0.15) is 0 Å². The molecule has 1 heterocycles. The molecule has 0 aliphatic heterocycles. The van der Waals surface area contributed by atoms with E-state index in [1.165, 1.54) is 6.07 Å². The summed E-state index contributed by atoms with van der Waals surface area (Å²) in [7, 11) is 0. The van der Waals surface area contributed by atoms with Crippen LogP contribution in [0, 0.1) is 12.7 Å². The van der Waals surface area contributed by atoms with Crippen molar-refractivity contribution in [1.82, 2.24) is 9.97 Å². The van der Waals surface area contributed by atoms with Gasteiger partial charge in [0.1, 0.15) is 16.8 Å². The van der Waals surface area contributed by atoms with Crippen LogP contribution in [0.1, 0.15) is 18.3 Å². The number of hydrogen-bond acceptors (Lipinski definition) is 2. The summed E-state index contributed by atoms with van der Waals surface area (Å²) in [6.45, 7) is 3.77. The van der Waals surface area contributed by atoms with Gasteiger partial charge < -0.3 is 0 Å². The molecule has 18 heavy (non-hydrogen) atoms. The second-order valence-corrected chi connectivity index (χ2v) is 4.65. The molecule has 0 fully saturated rings. The quantitative estimate of drug-likeness (QED) is 0.761. The van der Waals surface area contributed by atoms with Gasteiger partial charge in [0.2, 0.25) is 0 Å². The van der Waals surface area contributed by atoms with Crippen molar-refractivity contribution in [3.05, 3.63) is 45.6 Å². The van der Waals surface area contributed by atoms with Crippen molar-refractivity contribution >= 4 is 23.2 Å². The van der Waals surface area contributed by atoms with Crippen LogP contribution in [0.2, 0.25) is 10.2 Å². The SMILES string of the molecule is CCc1nc(Cl)c(C)c(-c2ccc(F)c(Cl)c2)n1. The van der Waals surface area contributed by atoms with Gasteiger partial charge >= 0.3 is 0 Å². The lowest BCUT2D eigenvalue weighted by atomic mass is 10.1. The lowest BCUT2D eigenvalue weighted by molar-refractivity contribution is 0.628. The summed E-state index contributed by atoms with van der Waals surface area (Å²) < 4.78 is 13.1. The van der Waals surface area contributed by atoms with Crippen LogP contribution in [0.25, 0.3) is 11.3 Å². The fourth-order valence-corrected chi connectivity index (χ4v) is 1.98. The van der Waals surface area contributed by atoms with Gasteiger partial charge in [-0.1, -0.05) is 30.1 Å². The topological polar surface area (TPSA) is 25.8 Å². The Hall–Kier alpha value is -1.19. The van der Waals surface area contributed by atoms with Crippen LogP contribution in [-0.2, 0) is 6.42 Å². The molecule has 2 rings (SSSR count). The maximum Gasteiger partial charge on any atom is 0.141 e. The van der Waals surface area contributed by atoms with Crippen molar-refractivity contribution in [2.24, 2.45) is 0 Å². The summed E-state index contributed by atoms with van der Waals surface area (Å²) in [5.74, 6) is 0.204. The lowest BCUT2D eigenvalue weighted by Crippen LogP contribution is -1.99. The summed E-state index contributed by atoms with van der Waals surface area (Å²) in [6, 6.07) is 4.49. The highest BCUT2D eigenvalue weighted by molar-refractivity contribution is 6.31. The molecule has 0 unspecified atom stereocenters. The molecule has 2 nitrogen and oxygen atoms in total. The van der Waals surface area contributed by atoms with Crippen LogP contribution >= 0.6 is 23.2 Å². The maximum absolute atomic E-state index is 13.1. The Bertz CT molecular complexity index is 600. The van der Waals surface area contributed by atoms with Crippen LogP contribution in [-0.4, -0.2) is 9.97 Å².